The first kappa shape index (κ1) is 14.0. The first-order chi connectivity index (χ1) is 8.47. The van der Waals surface area contributed by atoms with Crippen LogP contribution in [0, 0.1) is 6.92 Å². The van der Waals surface area contributed by atoms with E-state index in [0.717, 1.165) is 40.7 Å². The third-order valence-electron chi connectivity index (χ3n) is 3.82. The summed E-state index contributed by atoms with van der Waals surface area (Å²) in [5, 5.41) is 5.04. The van der Waals surface area contributed by atoms with Gasteiger partial charge in [-0.2, -0.15) is 0 Å². The molecule has 2 nitrogen and oxygen atoms in total. The predicted octanol–water partition coefficient (Wildman–Crippen LogP) is 4.20. The van der Waals surface area contributed by atoms with Crippen molar-refractivity contribution in [2.75, 3.05) is 18.9 Å². The van der Waals surface area contributed by atoms with Gasteiger partial charge in [-0.3, -0.25) is 0 Å². The molecule has 0 saturated carbocycles. The van der Waals surface area contributed by atoms with E-state index < -0.39 is 0 Å². The van der Waals surface area contributed by atoms with Gasteiger partial charge in [-0.05, 0) is 51.4 Å². The van der Waals surface area contributed by atoms with E-state index in [4.69, 9.17) is 23.2 Å². The second kappa shape index (κ2) is 5.68. The van der Waals surface area contributed by atoms with Gasteiger partial charge in [-0.15, -0.1) is 0 Å². The fraction of sp³-hybridized carbons (Fsp3) is 0.571. The van der Waals surface area contributed by atoms with Gasteiger partial charge < -0.3 is 10.2 Å². The van der Waals surface area contributed by atoms with E-state index in [9.17, 15) is 0 Å². The van der Waals surface area contributed by atoms with Crippen molar-refractivity contribution in [3.63, 3.8) is 0 Å². The molecule has 0 bridgehead atoms. The molecule has 0 spiro atoms. The summed E-state index contributed by atoms with van der Waals surface area (Å²) in [6, 6.07) is 4.94. The predicted molar refractivity (Wildman–Crippen MR) is 79.9 cm³/mol. The number of aryl methyl sites for hydroxylation is 1. The summed E-state index contributed by atoms with van der Waals surface area (Å²) in [5.74, 6) is 0. The topological polar surface area (TPSA) is 15.3 Å². The van der Waals surface area contributed by atoms with Gasteiger partial charge >= 0.3 is 0 Å². The number of hydrogen-bond acceptors (Lipinski definition) is 2. The van der Waals surface area contributed by atoms with E-state index in [1.54, 1.807) is 0 Å². The van der Waals surface area contributed by atoms with Crippen LogP contribution in [0.3, 0.4) is 0 Å². The molecule has 0 radical (unpaired) electrons. The standard InChI is InChI=1S/C14H20Cl2N2/c1-9-6-13(16)14(8-12(9)15)17-11-4-5-18(3)10(2)7-11/h6,8,10-11,17H,4-5,7H2,1-3H3. The van der Waals surface area contributed by atoms with Crippen LogP contribution in [0.2, 0.25) is 10.0 Å². The summed E-state index contributed by atoms with van der Waals surface area (Å²) in [7, 11) is 2.18. The first-order valence-electron chi connectivity index (χ1n) is 6.40. The molecule has 1 aromatic carbocycles. The molecule has 4 heteroatoms. The molecule has 2 rings (SSSR count). The van der Waals surface area contributed by atoms with Gasteiger partial charge in [0.1, 0.15) is 0 Å². The minimum Gasteiger partial charge on any atom is -0.381 e. The zero-order valence-electron chi connectivity index (χ0n) is 11.1. The third kappa shape index (κ3) is 3.11. The molecule has 100 valence electrons. The lowest BCUT2D eigenvalue weighted by atomic mass is 9.98. The Bertz CT molecular complexity index is 434. The Kier molecular flexibility index (Phi) is 4.41. The van der Waals surface area contributed by atoms with Crippen LogP contribution in [-0.2, 0) is 0 Å². The van der Waals surface area contributed by atoms with Gasteiger partial charge in [0, 0.05) is 23.7 Å². The van der Waals surface area contributed by atoms with Crippen molar-refractivity contribution in [2.24, 2.45) is 0 Å². The molecule has 18 heavy (non-hydrogen) atoms. The lowest BCUT2D eigenvalue weighted by molar-refractivity contribution is 0.190. The fourth-order valence-corrected chi connectivity index (χ4v) is 2.83. The second-order valence-electron chi connectivity index (χ2n) is 5.28. The van der Waals surface area contributed by atoms with Gasteiger partial charge in [-0.25, -0.2) is 0 Å². The number of nitrogens with zero attached hydrogens (tertiary/aromatic N) is 1. The Labute approximate surface area is 119 Å². The zero-order chi connectivity index (χ0) is 13.3. The average Bonchev–Trinajstić information content (AvgIpc) is 2.31. The highest BCUT2D eigenvalue weighted by atomic mass is 35.5. The molecule has 1 heterocycles. The van der Waals surface area contributed by atoms with Crippen molar-refractivity contribution in [1.82, 2.24) is 4.90 Å². The Balaban J connectivity index is 2.08. The summed E-state index contributed by atoms with van der Waals surface area (Å²) in [6.07, 6.45) is 2.28. The molecular formula is C14H20Cl2N2. The molecule has 0 aromatic heterocycles. The van der Waals surface area contributed by atoms with E-state index in [1.165, 1.54) is 0 Å². The number of anilines is 1. The molecule has 0 amide bonds. The lowest BCUT2D eigenvalue weighted by Gasteiger charge is -2.36. The van der Waals surface area contributed by atoms with Crippen LogP contribution in [0.1, 0.15) is 25.3 Å². The Morgan fingerprint density at radius 1 is 1.28 bits per heavy atom. The van der Waals surface area contributed by atoms with Crippen LogP contribution in [0.5, 0.6) is 0 Å². The molecular weight excluding hydrogens is 267 g/mol. The second-order valence-corrected chi connectivity index (χ2v) is 6.09. The number of nitrogens with one attached hydrogen (secondary N) is 1. The van der Waals surface area contributed by atoms with Crippen LogP contribution in [-0.4, -0.2) is 30.6 Å². The van der Waals surface area contributed by atoms with Crippen molar-refractivity contribution in [3.05, 3.63) is 27.7 Å². The van der Waals surface area contributed by atoms with Gasteiger partial charge in [0.2, 0.25) is 0 Å². The molecule has 1 aliphatic heterocycles. The summed E-state index contributed by atoms with van der Waals surface area (Å²) < 4.78 is 0. The van der Waals surface area contributed by atoms with Crippen LogP contribution in [0.25, 0.3) is 0 Å². The Morgan fingerprint density at radius 2 is 2.00 bits per heavy atom. The Hall–Kier alpha value is -0.440. The van der Waals surface area contributed by atoms with Crippen molar-refractivity contribution in [2.45, 2.75) is 38.8 Å². The molecule has 2 atom stereocenters. The Morgan fingerprint density at radius 3 is 2.67 bits per heavy atom. The SMILES string of the molecule is Cc1cc(Cl)c(NC2CCN(C)C(C)C2)cc1Cl. The van der Waals surface area contributed by atoms with Gasteiger partial charge in [0.05, 0.1) is 10.7 Å². The van der Waals surface area contributed by atoms with Crippen LogP contribution >= 0.6 is 23.2 Å². The molecule has 1 aliphatic rings. The van der Waals surface area contributed by atoms with E-state index in [2.05, 4.69) is 24.2 Å². The summed E-state index contributed by atoms with van der Waals surface area (Å²) in [4.78, 5) is 2.39. The molecule has 0 aliphatic carbocycles. The lowest BCUT2D eigenvalue weighted by Crippen LogP contribution is -2.42. The number of piperidine rings is 1. The molecule has 1 N–H and O–H groups in total. The third-order valence-corrected chi connectivity index (χ3v) is 4.54. The van der Waals surface area contributed by atoms with E-state index in [0.29, 0.717) is 12.1 Å². The van der Waals surface area contributed by atoms with Crippen LogP contribution in [0.15, 0.2) is 12.1 Å². The molecule has 1 saturated heterocycles. The van der Waals surface area contributed by atoms with Crippen LogP contribution < -0.4 is 5.32 Å². The normalized spacial score (nSPS) is 25.2. The van der Waals surface area contributed by atoms with Crippen molar-refractivity contribution in [3.8, 4) is 0 Å². The number of hydrogen-bond donors (Lipinski definition) is 1. The fourth-order valence-electron chi connectivity index (χ4n) is 2.40. The van der Waals surface area contributed by atoms with Gasteiger partial charge in [0.25, 0.3) is 0 Å². The largest absolute Gasteiger partial charge is 0.381 e. The number of likely N-dealkylation sites (tertiary alicyclic amines) is 1. The summed E-state index contributed by atoms with van der Waals surface area (Å²) in [6.45, 7) is 5.35. The highest BCUT2D eigenvalue weighted by molar-refractivity contribution is 6.35. The molecule has 1 fully saturated rings. The summed E-state index contributed by atoms with van der Waals surface area (Å²) in [5.41, 5.74) is 1.97. The van der Waals surface area contributed by atoms with E-state index in [-0.39, 0.29) is 0 Å². The van der Waals surface area contributed by atoms with Crippen molar-refractivity contribution < 1.29 is 0 Å². The zero-order valence-corrected chi connectivity index (χ0v) is 12.6. The van der Waals surface area contributed by atoms with E-state index in [1.807, 2.05) is 19.1 Å². The molecule has 2 unspecified atom stereocenters. The smallest absolute Gasteiger partial charge is 0.0641 e. The quantitative estimate of drug-likeness (QED) is 0.877. The molecule has 1 aromatic rings. The minimum absolute atomic E-state index is 0.479. The maximum absolute atomic E-state index is 6.25. The maximum atomic E-state index is 6.25. The average molecular weight is 287 g/mol. The number of benzene rings is 1. The number of halogens is 2. The maximum Gasteiger partial charge on any atom is 0.0641 e. The van der Waals surface area contributed by atoms with Crippen molar-refractivity contribution >= 4 is 28.9 Å². The first-order valence-corrected chi connectivity index (χ1v) is 7.15. The van der Waals surface area contributed by atoms with Crippen molar-refractivity contribution in [1.29, 1.82) is 0 Å². The van der Waals surface area contributed by atoms with Gasteiger partial charge in [0.15, 0.2) is 0 Å². The number of rotatable bonds is 2. The van der Waals surface area contributed by atoms with Crippen LogP contribution in [0.4, 0.5) is 5.69 Å². The summed E-state index contributed by atoms with van der Waals surface area (Å²) >= 11 is 12.4. The highest BCUT2D eigenvalue weighted by Crippen LogP contribution is 2.30. The monoisotopic (exact) mass is 286 g/mol. The highest BCUT2D eigenvalue weighted by Gasteiger charge is 2.23. The van der Waals surface area contributed by atoms with Gasteiger partial charge in [-0.1, -0.05) is 23.2 Å². The van der Waals surface area contributed by atoms with E-state index >= 15 is 0 Å². The minimum atomic E-state index is 0.479.